The van der Waals surface area contributed by atoms with Crippen LogP contribution in [0.2, 0.25) is 0 Å². The molecule has 0 aliphatic carbocycles. The third-order valence-electron chi connectivity index (χ3n) is 3.37. The third-order valence-corrected chi connectivity index (χ3v) is 3.37. The molecule has 1 N–H and O–H groups in total. The molecule has 0 saturated carbocycles. The molecule has 19 heavy (non-hydrogen) atoms. The molecule has 0 fully saturated rings. The van der Waals surface area contributed by atoms with Crippen molar-refractivity contribution in [2.24, 2.45) is 5.92 Å². The fourth-order valence-electron chi connectivity index (χ4n) is 1.89. The van der Waals surface area contributed by atoms with Crippen molar-refractivity contribution in [3.8, 4) is 0 Å². The van der Waals surface area contributed by atoms with Crippen molar-refractivity contribution >= 4 is 5.97 Å². The molecule has 4 heteroatoms. The molecule has 1 atom stereocenters. The van der Waals surface area contributed by atoms with Crippen molar-refractivity contribution in [2.45, 2.75) is 38.7 Å². The van der Waals surface area contributed by atoms with Gasteiger partial charge in [0.2, 0.25) is 0 Å². The lowest BCUT2D eigenvalue weighted by Gasteiger charge is -2.24. The second-order valence-corrected chi connectivity index (χ2v) is 5.37. The highest BCUT2D eigenvalue weighted by Crippen LogP contribution is 2.22. The first-order chi connectivity index (χ1) is 8.84. The van der Waals surface area contributed by atoms with Crippen molar-refractivity contribution in [2.75, 3.05) is 7.11 Å². The zero-order valence-corrected chi connectivity index (χ0v) is 11.6. The molecule has 0 aliphatic heterocycles. The van der Waals surface area contributed by atoms with Crippen LogP contribution in [0.15, 0.2) is 24.3 Å². The Morgan fingerprint density at radius 3 is 2.68 bits per heavy atom. The van der Waals surface area contributed by atoms with Crippen LogP contribution in [-0.2, 0) is 16.0 Å². The Hall–Kier alpha value is -1.42. The van der Waals surface area contributed by atoms with Crippen LogP contribution in [0, 0.1) is 11.7 Å². The van der Waals surface area contributed by atoms with Gasteiger partial charge in [0.1, 0.15) is 5.82 Å². The van der Waals surface area contributed by atoms with E-state index < -0.39 is 11.9 Å². The number of hydrogen-bond acceptors (Lipinski definition) is 2. The molecule has 1 aromatic rings. The van der Waals surface area contributed by atoms with Gasteiger partial charge in [-0.1, -0.05) is 12.1 Å². The van der Waals surface area contributed by atoms with Gasteiger partial charge in [-0.05, 0) is 50.8 Å². The molecular formula is C15H21FO3. The third kappa shape index (κ3) is 5.39. The molecule has 106 valence electrons. The summed E-state index contributed by atoms with van der Waals surface area (Å²) in [5.41, 5.74) is 0.373. The first-order valence-corrected chi connectivity index (χ1v) is 6.36. The Morgan fingerprint density at radius 1 is 1.47 bits per heavy atom. The number of ether oxygens (including phenoxy) is 1. The highest BCUT2D eigenvalue weighted by Gasteiger charge is 2.23. The monoisotopic (exact) mass is 268 g/mol. The van der Waals surface area contributed by atoms with Gasteiger partial charge in [0.15, 0.2) is 0 Å². The van der Waals surface area contributed by atoms with Crippen LogP contribution < -0.4 is 0 Å². The Bertz CT molecular complexity index is 429. The van der Waals surface area contributed by atoms with Crippen molar-refractivity contribution in [3.05, 3.63) is 35.6 Å². The Labute approximate surface area is 113 Å². The molecule has 0 radical (unpaired) electrons. The van der Waals surface area contributed by atoms with Gasteiger partial charge in [-0.3, -0.25) is 4.79 Å². The van der Waals surface area contributed by atoms with Crippen molar-refractivity contribution in [3.63, 3.8) is 0 Å². The second-order valence-electron chi connectivity index (χ2n) is 5.37. The Kier molecular flexibility index (Phi) is 5.48. The number of hydrogen-bond donors (Lipinski definition) is 1. The summed E-state index contributed by atoms with van der Waals surface area (Å²) in [6.45, 7) is 3.85. The smallest absolute Gasteiger partial charge is 0.306 e. The first kappa shape index (κ1) is 15.6. The molecule has 1 aromatic carbocycles. The fourth-order valence-corrected chi connectivity index (χ4v) is 1.89. The highest BCUT2D eigenvalue weighted by molar-refractivity contribution is 5.70. The molecule has 1 rings (SSSR count). The summed E-state index contributed by atoms with van der Waals surface area (Å²) in [6, 6.07) is 6.09. The molecule has 0 spiro atoms. The predicted molar refractivity (Wildman–Crippen MR) is 71.6 cm³/mol. The van der Waals surface area contributed by atoms with Crippen LogP contribution in [-0.4, -0.2) is 23.8 Å². The number of carboxylic acids is 1. The number of rotatable bonds is 7. The van der Waals surface area contributed by atoms with E-state index in [1.807, 2.05) is 13.8 Å². The number of methoxy groups -OCH3 is 1. The SMILES string of the molecule is COC(C)(C)CCC(Cc1cccc(F)c1)C(=O)O. The average Bonchev–Trinajstić information content (AvgIpc) is 2.34. The quantitative estimate of drug-likeness (QED) is 0.825. The van der Waals surface area contributed by atoms with Crippen LogP contribution >= 0.6 is 0 Å². The van der Waals surface area contributed by atoms with Crippen LogP contribution in [0.5, 0.6) is 0 Å². The minimum absolute atomic E-state index is 0.334. The van der Waals surface area contributed by atoms with Crippen molar-refractivity contribution < 1.29 is 19.0 Å². The van der Waals surface area contributed by atoms with E-state index in [-0.39, 0.29) is 11.4 Å². The number of carboxylic acid groups (broad SMARTS) is 1. The van der Waals surface area contributed by atoms with E-state index in [9.17, 15) is 14.3 Å². The molecule has 1 unspecified atom stereocenters. The lowest BCUT2D eigenvalue weighted by Crippen LogP contribution is -2.26. The second kappa shape index (κ2) is 6.66. The topological polar surface area (TPSA) is 46.5 Å². The van der Waals surface area contributed by atoms with E-state index in [2.05, 4.69) is 0 Å². The number of benzene rings is 1. The van der Waals surface area contributed by atoms with Crippen molar-refractivity contribution in [1.82, 2.24) is 0 Å². The van der Waals surface area contributed by atoms with Gasteiger partial charge in [0, 0.05) is 7.11 Å². The zero-order valence-electron chi connectivity index (χ0n) is 11.6. The maximum Gasteiger partial charge on any atom is 0.306 e. The van der Waals surface area contributed by atoms with E-state index in [1.165, 1.54) is 12.1 Å². The van der Waals surface area contributed by atoms with Crippen LogP contribution in [0.4, 0.5) is 4.39 Å². The fraction of sp³-hybridized carbons (Fsp3) is 0.533. The lowest BCUT2D eigenvalue weighted by molar-refractivity contribution is -0.142. The lowest BCUT2D eigenvalue weighted by atomic mass is 9.90. The molecule has 0 saturated heterocycles. The molecule has 0 amide bonds. The summed E-state index contributed by atoms with van der Waals surface area (Å²) in [4.78, 5) is 11.3. The summed E-state index contributed by atoms with van der Waals surface area (Å²) < 4.78 is 18.4. The van der Waals surface area contributed by atoms with Gasteiger partial charge in [-0.15, -0.1) is 0 Å². The van der Waals surface area contributed by atoms with Gasteiger partial charge in [0.05, 0.1) is 11.5 Å². The minimum atomic E-state index is -0.851. The molecular weight excluding hydrogens is 247 g/mol. The maximum atomic E-state index is 13.1. The number of carbonyl (C=O) groups is 1. The van der Waals surface area contributed by atoms with Gasteiger partial charge in [-0.2, -0.15) is 0 Å². The van der Waals surface area contributed by atoms with E-state index in [0.29, 0.717) is 24.8 Å². The highest BCUT2D eigenvalue weighted by atomic mass is 19.1. The van der Waals surface area contributed by atoms with Crippen LogP contribution in [0.1, 0.15) is 32.3 Å². The van der Waals surface area contributed by atoms with Crippen LogP contribution in [0.25, 0.3) is 0 Å². The van der Waals surface area contributed by atoms with E-state index in [4.69, 9.17) is 4.74 Å². The van der Waals surface area contributed by atoms with Gasteiger partial charge >= 0.3 is 5.97 Å². The molecule has 0 aliphatic rings. The largest absolute Gasteiger partial charge is 0.481 e. The predicted octanol–water partition coefficient (Wildman–Crippen LogP) is 3.27. The number of halogens is 1. The number of aliphatic carboxylic acids is 1. The average molecular weight is 268 g/mol. The van der Waals surface area contributed by atoms with Gasteiger partial charge in [0.25, 0.3) is 0 Å². The van der Waals surface area contributed by atoms with Crippen molar-refractivity contribution in [1.29, 1.82) is 0 Å². The molecule has 3 nitrogen and oxygen atoms in total. The summed E-state index contributed by atoms with van der Waals surface area (Å²) >= 11 is 0. The zero-order chi connectivity index (χ0) is 14.5. The summed E-state index contributed by atoms with van der Waals surface area (Å²) in [5.74, 6) is -1.70. The standard InChI is InChI=1S/C15H21FO3/c1-15(2,19-3)8-7-12(14(17)18)9-11-5-4-6-13(16)10-11/h4-6,10,12H,7-9H2,1-3H3,(H,17,18). The van der Waals surface area contributed by atoms with E-state index in [1.54, 1.807) is 19.2 Å². The Morgan fingerprint density at radius 2 is 2.16 bits per heavy atom. The maximum absolute atomic E-state index is 13.1. The van der Waals surface area contributed by atoms with E-state index in [0.717, 1.165) is 0 Å². The van der Waals surface area contributed by atoms with Gasteiger partial charge in [-0.25, -0.2) is 4.39 Å². The molecule has 0 heterocycles. The van der Waals surface area contributed by atoms with Crippen LogP contribution in [0.3, 0.4) is 0 Å². The summed E-state index contributed by atoms with van der Waals surface area (Å²) in [5, 5.41) is 9.24. The summed E-state index contributed by atoms with van der Waals surface area (Å²) in [6.07, 6.45) is 1.50. The minimum Gasteiger partial charge on any atom is -0.481 e. The first-order valence-electron chi connectivity index (χ1n) is 6.36. The van der Waals surface area contributed by atoms with E-state index >= 15 is 0 Å². The summed E-state index contributed by atoms with van der Waals surface area (Å²) in [7, 11) is 1.61. The van der Waals surface area contributed by atoms with Gasteiger partial charge < -0.3 is 9.84 Å². The Balaban J connectivity index is 2.66. The molecule has 0 bridgehead atoms. The normalized spacial score (nSPS) is 13.3. The molecule has 0 aromatic heterocycles.